The minimum Gasteiger partial charge on any atom is -0.469 e. The fraction of sp³-hybridized carbons (Fsp3) is 0.438. The number of Topliss-reactive ketones (excluding diaryl/α,β-unsaturated/α-hetero) is 1. The molecule has 1 atom stereocenters. The van der Waals surface area contributed by atoms with Crippen molar-refractivity contribution in [3.63, 3.8) is 0 Å². The van der Waals surface area contributed by atoms with Gasteiger partial charge in [0.2, 0.25) is 0 Å². The maximum Gasteiger partial charge on any atom is 0.307 e. The molecule has 104 valence electrons. The summed E-state index contributed by atoms with van der Waals surface area (Å²) >= 11 is 0. The number of carbonyl (C=O) groups is 2. The van der Waals surface area contributed by atoms with Crippen LogP contribution in [0.2, 0.25) is 0 Å². The van der Waals surface area contributed by atoms with Crippen LogP contribution in [0.3, 0.4) is 0 Å². The van der Waals surface area contributed by atoms with Gasteiger partial charge in [-0.1, -0.05) is 12.1 Å². The number of benzene rings is 1. The van der Waals surface area contributed by atoms with Crippen molar-refractivity contribution in [3.05, 3.63) is 34.9 Å². The molecule has 2 rings (SSSR count). The van der Waals surface area contributed by atoms with Gasteiger partial charge in [-0.25, -0.2) is 0 Å². The van der Waals surface area contributed by atoms with Crippen molar-refractivity contribution in [2.45, 2.75) is 32.6 Å². The van der Waals surface area contributed by atoms with Crippen LogP contribution in [0.5, 0.6) is 0 Å². The molecule has 4 heteroatoms. The Kier molecular flexibility index (Phi) is 3.89. The lowest BCUT2D eigenvalue weighted by Crippen LogP contribution is -2.30. The van der Waals surface area contributed by atoms with E-state index < -0.39 is 5.41 Å². The fourth-order valence-electron chi connectivity index (χ4n) is 2.71. The SMILES string of the molecule is COC(=O)CC1(C#N)CCc2cc(C(C)=O)ccc2C1. The van der Waals surface area contributed by atoms with Gasteiger partial charge in [-0.15, -0.1) is 0 Å². The van der Waals surface area contributed by atoms with Crippen LogP contribution in [0.4, 0.5) is 0 Å². The lowest BCUT2D eigenvalue weighted by molar-refractivity contribution is -0.142. The highest BCUT2D eigenvalue weighted by molar-refractivity contribution is 5.94. The smallest absolute Gasteiger partial charge is 0.307 e. The van der Waals surface area contributed by atoms with Crippen molar-refractivity contribution in [1.82, 2.24) is 0 Å². The van der Waals surface area contributed by atoms with Gasteiger partial charge >= 0.3 is 5.97 Å². The van der Waals surface area contributed by atoms with Crippen LogP contribution in [0.1, 0.15) is 41.3 Å². The molecule has 0 radical (unpaired) electrons. The molecule has 1 aliphatic carbocycles. The van der Waals surface area contributed by atoms with E-state index in [9.17, 15) is 14.9 Å². The number of carbonyl (C=O) groups excluding carboxylic acids is 2. The van der Waals surface area contributed by atoms with E-state index in [1.807, 2.05) is 12.1 Å². The van der Waals surface area contributed by atoms with Gasteiger partial charge < -0.3 is 4.74 Å². The van der Waals surface area contributed by atoms with E-state index in [1.54, 1.807) is 13.0 Å². The van der Waals surface area contributed by atoms with E-state index >= 15 is 0 Å². The highest BCUT2D eigenvalue weighted by Crippen LogP contribution is 2.38. The molecule has 20 heavy (non-hydrogen) atoms. The molecule has 1 aliphatic rings. The number of rotatable bonds is 3. The number of methoxy groups -OCH3 is 1. The molecule has 0 aromatic heterocycles. The molecule has 0 heterocycles. The molecule has 0 amide bonds. The molecule has 0 spiro atoms. The third-order valence-corrected chi connectivity index (χ3v) is 3.96. The van der Waals surface area contributed by atoms with Crippen molar-refractivity contribution >= 4 is 11.8 Å². The molecule has 4 nitrogen and oxygen atoms in total. The minimum absolute atomic E-state index is 0.0412. The standard InChI is InChI=1S/C16H17NO3/c1-11(18)12-3-4-14-8-16(10-17,9-15(19)20-2)6-5-13(14)7-12/h3-4,7H,5-6,8-9H2,1-2H3. The van der Waals surface area contributed by atoms with Gasteiger partial charge in [-0.3, -0.25) is 9.59 Å². The summed E-state index contributed by atoms with van der Waals surface area (Å²) in [5, 5.41) is 9.44. The lowest BCUT2D eigenvalue weighted by atomic mass is 9.70. The fourth-order valence-corrected chi connectivity index (χ4v) is 2.71. The summed E-state index contributed by atoms with van der Waals surface area (Å²) in [5.41, 5.74) is 2.17. The van der Waals surface area contributed by atoms with Gasteiger partial charge in [-0.2, -0.15) is 5.26 Å². The Bertz CT molecular complexity index is 600. The quantitative estimate of drug-likeness (QED) is 0.625. The Hall–Kier alpha value is -2.15. The molecule has 1 unspecified atom stereocenters. The van der Waals surface area contributed by atoms with E-state index in [4.69, 9.17) is 0 Å². The zero-order chi connectivity index (χ0) is 14.8. The zero-order valence-electron chi connectivity index (χ0n) is 11.7. The van der Waals surface area contributed by atoms with Crippen molar-refractivity contribution in [3.8, 4) is 6.07 Å². The Morgan fingerprint density at radius 1 is 1.40 bits per heavy atom. The number of nitrogens with zero attached hydrogens (tertiary/aromatic N) is 1. The summed E-state index contributed by atoms with van der Waals surface area (Å²) < 4.78 is 4.68. The van der Waals surface area contributed by atoms with Gasteiger partial charge in [0.25, 0.3) is 0 Å². The van der Waals surface area contributed by atoms with Gasteiger partial charge in [0, 0.05) is 5.56 Å². The number of hydrogen-bond donors (Lipinski definition) is 0. The molecule has 0 bridgehead atoms. The molecular weight excluding hydrogens is 254 g/mol. The number of ether oxygens (including phenoxy) is 1. The van der Waals surface area contributed by atoms with E-state index in [-0.39, 0.29) is 18.2 Å². The number of ketones is 1. The monoisotopic (exact) mass is 271 g/mol. The van der Waals surface area contributed by atoms with Crippen LogP contribution >= 0.6 is 0 Å². The zero-order valence-corrected chi connectivity index (χ0v) is 11.7. The Balaban J connectivity index is 2.28. The third kappa shape index (κ3) is 2.72. The number of fused-ring (bicyclic) bond motifs is 1. The topological polar surface area (TPSA) is 67.2 Å². The summed E-state index contributed by atoms with van der Waals surface area (Å²) in [4.78, 5) is 22.9. The Labute approximate surface area is 118 Å². The van der Waals surface area contributed by atoms with Crippen molar-refractivity contribution in [2.24, 2.45) is 5.41 Å². The first kappa shape index (κ1) is 14.3. The van der Waals surface area contributed by atoms with Crippen LogP contribution in [-0.2, 0) is 22.4 Å². The summed E-state index contributed by atoms with van der Waals surface area (Å²) in [6.45, 7) is 1.54. The van der Waals surface area contributed by atoms with Crippen LogP contribution in [0, 0.1) is 16.7 Å². The van der Waals surface area contributed by atoms with E-state index in [1.165, 1.54) is 7.11 Å². The molecule has 1 aromatic rings. The van der Waals surface area contributed by atoms with E-state index in [0.29, 0.717) is 24.8 Å². The molecule has 0 saturated carbocycles. The first-order valence-corrected chi connectivity index (χ1v) is 6.60. The average Bonchev–Trinajstić information content (AvgIpc) is 2.46. The second-order valence-electron chi connectivity index (χ2n) is 5.36. The summed E-state index contributed by atoms with van der Waals surface area (Å²) in [7, 11) is 1.34. The molecule has 0 saturated heterocycles. The number of nitriles is 1. The third-order valence-electron chi connectivity index (χ3n) is 3.96. The lowest BCUT2D eigenvalue weighted by Gasteiger charge is -2.31. The Morgan fingerprint density at radius 2 is 2.15 bits per heavy atom. The Morgan fingerprint density at radius 3 is 2.75 bits per heavy atom. The van der Waals surface area contributed by atoms with Crippen LogP contribution < -0.4 is 0 Å². The predicted octanol–water partition coefficient (Wildman–Crippen LogP) is 2.45. The maximum atomic E-state index is 11.5. The first-order valence-electron chi connectivity index (χ1n) is 6.60. The number of esters is 1. The molecular formula is C16H17NO3. The van der Waals surface area contributed by atoms with Gasteiger partial charge in [0.1, 0.15) is 0 Å². The summed E-state index contributed by atoms with van der Waals surface area (Å²) in [6.07, 6.45) is 1.98. The second kappa shape index (κ2) is 5.46. The van der Waals surface area contributed by atoms with Crippen LogP contribution in [-0.4, -0.2) is 18.9 Å². The predicted molar refractivity (Wildman–Crippen MR) is 73.2 cm³/mol. The molecule has 0 N–H and O–H groups in total. The average molecular weight is 271 g/mol. The van der Waals surface area contributed by atoms with Crippen molar-refractivity contribution < 1.29 is 14.3 Å². The largest absolute Gasteiger partial charge is 0.469 e. The summed E-state index contributed by atoms with van der Waals surface area (Å²) in [6, 6.07) is 7.87. The second-order valence-corrected chi connectivity index (χ2v) is 5.36. The van der Waals surface area contributed by atoms with Gasteiger partial charge in [0.15, 0.2) is 5.78 Å². The van der Waals surface area contributed by atoms with E-state index in [0.717, 1.165) is 11.1 Å². The number of aryl methyl sites for hydroxylation is 1. The minimum atomic E-state index is -0.683. The van der Waals surface area contributed by atoms with Gasteiger partial charge in [-0.05, 0) is 43.4 Å². The maximum absolute atomic E-state index is 11.5. The molecule has 1 aromatic carbocycles. The van der Waals surface area contributed by atoms with Crippen LogP contribution in [0.25, 0.3) is 0 Å². The van der Waals surface area contributed by atoms with Crippen LogP contribution in [0.15, 0.2) is 18.2 Å². The highest BCUT2D eigenvalue weighted by Gasteiger charge is 2.37. The van der Waals surface area contributed by atoms with Gasteiger partial charge in [0.05, 0.1) is 25.0 Å². The van der Waals surface area contributed by atoms with Crippen molar-refractivity contribution in [1.29, 1.82) is 5.26 Å². The first-order chi connectivity index (χ1) is 9.49. The highest BCUT2D eigenvalue weighted by atomic mass is 16.5. The normalized spacial score (nSPS) is 20.6. The van der Waals surface area contributed by atoms with E-state index in [2.05, 4.69) is 10.8 Å². The summed E-state index contributed by atoms with van der Waals surface area (Å²) in [5.74, 6) is -0.310. The molecule has 0 aliphatic heterocycles. The molecule has 0 fully saturated rings. The number of hydrogen-bond acceptors (Lipinski definition) is 4. The van der Waals surface area contributed by atoms with Crippen molar-refractivity contribution in [2.75, 3.05) is 7.11 Å².